The Morgan fingerprint density at radius 1 is 1.23 bits per heavy atom. The second kappa shape index (κ2) is 7.88. The van der Waals surface area contributed by atoms with Crippen molar-refractivity contribution in [2.75, 3.05) is 20.8 Å². The minimum absolute atomic E-state index is 0.0131. The Hall–Kier alpha value is -3.07. The monoisotopic (exact) mass is 443 g/mol. The summed E-state index contributed by atoms with van der Waals surface area (Å²) in [5, 5.41) is 15.2. The summed E-state index contributed by atoms with van der Waals surface area (Å²) < 4.78 is 17.1. The van der Waals surface area contributed by atoms with Crippen LogP contribution >= 0.6 is 12.2 Å². The minimum atomic E-state index is -0.674. The molecule has 3 atom stereocenters. The molecule has 0 aromatic heterocycles. The lowest BCUT2D eigenvalue weighted by Gasteiger charge is -2.56. The molecule has 2 aromatic carbocycles. The quantitative estimate of drug-likeness (QED) is 0.410. The molecule has 0 radical (unpaired) electrons. The molecular weight excluding hydrogens is 418 g/mol. The van der Waals surface area contributed by atoms with Crippen molar-refractivity contribution in [3.8, 4) is 17.2 Å². The van der Waals surface area contributed by atoms with Crippen LogP contribution in [0.25, 0.3) is 0 Å². The van der Waals surface area contributed by atoms with E-state index in [1.165, 1.54) is 6.07 Å². The van der Waals surface area contributed by atoms with Crippen LogP contribution in [0.15, 0.2) is 36.4 Å². The Kier molecular flexibility index (Phi) is 5.38. The van der Waals surface area contributed by atoms with E-state index in [4.69, 9.17) is 26.4 Å². The molecule has 0 saturated carbocycles. The Labute approximate surface area is 186 Å². The van der Waals surface area contributed by atoms with Crippen molar-refractivity contribution in [3.05, 3.63) is 57.6 Å². The molecule has 2 heterocycles. The standard InChI is InChI=1S/C22H25N3O5S/c1-13-20-16-12-15(25(26)27)6-8-17(16)30-22(13,2)24(21(31)23-20)10-9-14-5-7-18(28-3)19(11-14)29-4/h5-8,11-13,20H,9-10H2,1-4H3,(H,23,31)/t13-,20+,22-/m1/s1. The van der Waals surface area contributed by atoms with E-state index in [2.05, 4.69) is 17.1 Å². The lowest BCUT2D eigenvalue weighted by atomic mass is 9.80. The second-order valence-electron chi connectivity index (χ2n) is 7.94. The number of hydrogen-bond donors (Lipinski definition) is 1. The Morgan fingerprint density at radius 2 is 1.97 bits per heavy atom. The number of non-ortho nitro benzene ring substituents is 1. The van der Waals surface area contributed by atoms with Crippen LogP contribution in [0, 0.1) is 16.0 Å². The zero-order valence-electron chi connectivity index (χ0n) is 17.9. The zero-order chi connectivity index (χ0) is 22.3. The number of ether oxygens (including phenoxy) is 3. The smallest absolute Gasteiger partial charge is 0.270 e. The molecule has 0 aliphatic carbocycles. The molecule has 9 heteroatoms. The molecule has 2 aliphatic rings. The van der Waals surface area contributed by atoms with Crippen LogP contribution in [0.5, 0.6) is 17.2 Å². The van der Waals surface area contributed by atoms with Crippen molar-refractivity contribution >= 4 is 23.0 Å². The number of fused-ring (bicyclic) bond motifs is 4. The minimum Gasteiger partial charge on any atom is -0.493 e. The van der Waals surface area contributed by atoms with Crippen molar-refractivity contribution in [3.63, 3.8) is 0 Å². The van der Waals surface area contributed by atoms with Gasteiger partial charge in [0.1, 0.15) is 5.75 Å². The lowest BCUT2D eigenvalue weighted by Crippen LogP contribution is -2.69. The van der Waals surface area contributed by atoms with Crippen LogP contribution in [-0.2, 0) is 6.42 Å². The number of nitro benzene ring substituents is 1. The SMILES string of the molecule is COc1ccc(CCN2C(=S)N[C@@H]3c4cc([N+](=O)[O-])ccc4O[C@]2(C)[C@@H]3C)cc1OC. The normalized spacial score (nSPS) is 24.0. The van der Waals surface area contributed by atoms with Gasteiger partial charge < -0.3 is 24.4 Å². The van der Waals surface area contributed by atoms with Gasteiger partial charge in [-0.1, -0.05) is 13.0 Å². The highest BCUT2D eigenvalue weighted by atomic mass is 32.1. The number of rotatable bonds is 6. The highest BCUT2D eigenvalue weighted by Crippen LogP contribution is 2.48. The van der Waals surface area contributed by atoms with Gasteiger partial charge in [0.25, 0.3) is 5.69 Å². The third kappa shape index (κ3) is 3.52. The van der Waals surface area contributed by atoms with Crippen molar-refractivity contribution < 1.29 is 19.1 Å². The van der Waals surface area contributed by atoms with Gasteiger partial charge in [-0.3, -0.25) is 10.1 Å². The summed E-state index contributed by atoms with van der Waals surface area (Å²) in [5.41, 5.74) is 1.22. The number of nitrogens with zero attached hydrogens (tertiary/aromatic N) is 2. The summed E-state index contributed by atoms with van der Waals surface area (Å²) in [7, 11) is 3.23. The third-order valence-corrected chi connectivity index (χ3v) is 6.67. The van der Waals surface area contributed by atoms with Crippen molar-refractivity contribution in [1.29, 1.82) is 0 Å². The molecule has 2 bridgehead atoms. The molecule has 0 amide bonds. The topological polar surface area (TPSA) is 86.1 Å². The van der Waals surface area contributed by atoms with Crippen molar-refractivity contribution in [1.82, 2.24) is 10.2 Å². The average molecular weight is 444 g/mol. The first kappa shape index (κ1) is 21.2. The number of methoxy groups -OCH3 is 2. The van der Waals surface area contributed by atoms with E-state index < -0.39 is 10.6 Å². The van der Waals surface area contributed by atoms with E-state index in [0.717, 1.165) is 17.5 Å². The number of hydrogen-bond acceptors (Lipinski definition) is 6. The summed E-state index contributed by atoms with van der Waals surface area (Å²) in [6.07, 6.45) is 0.728. The number of nitro groups is 1. The van der Waals surface area contributed by atoms with Gasteiger partial charge in [0.2, 0.25) is 0 Å². The largest absolute Gasteiger partial charge is 0.493 e. The summed E-state index contributed by atoms with van der Waals surface area (Å²) in [5.74, 6) is 2.02. The molecular formula is C22H25N3O5S. The molecule has 8 nitrogen and oxygen atoms in total. The van der Waals surface area contributed by atoms with E-state index in [1.807, 2.05) is 25.1 Å². The second-order valence-corrected chi connectivity index (χ2v) is 8.33. The highest BCUT2D eigenvalue weighted by Gasteiger charge is 2.53. The summed E-state index contributed by atoms with van der Waals surface area (Å²) in [6.45, 7) is 4.73. The Balaban J connectivity index is 1.60. The van der Waals surface area contributed by atoms with Crippen LogP contribution in [0.2, 0.25) is 0 Å². The van der Waals surface area contributed by atoms with E-state index in [0.29, 0.717) is 28.9 Å². The van der Waals surface area contributed by atoms with E-state index >= 15 is 0 Å². The maximum absolute atomic E-state index is 11.2. The summed E-state index contributed by atoms with van der Waals surface area (Å²) in [4.78, 5) is 12.9. The van der Waals surface area contributed by atoms with Gasteiger partial charge in [-0.15, -0.1) is 0 Å². The molecule has 31 heavy (non-hydrogen) atoms. The van der Waals surface area contributed by atoms with E-state index in [9.17, 15) is 10.1 Å². The van der Waals surface area contributed by atoms with Gasteiger partial charge in [0.15, 0.2) is 22.3 Å². The van der Waals surface area contributed by atoms with Gasteiger partial charge in [-0.25, -0.2) is 0 Å². The predicted molar refractivity (Wildman–Crippen MR) is 120 cm³/mol. The predicted octanol–water partition coefficient (Wildman–Crippen LogP) is 3.83. The van der Waals surface area contributed by atoms with Gasteiger partial charge in [-0.05, 0) is 49.3 Å². The van der Waals surface area contributed by atoms with Gasteiger partial charge >= 0.3 is 0 Å². The Morgan fingerprint density at radius 3 is 2.65 bits per heavy atom. The maximum Gasteiger partial charge on any atom is 0.270 e. The third-order valence-electron chi connectivity index (χ3n) is 6.33. The summed E-state index contributed by atoms with van der Waals surface area (Å²) in [6, 6.07) is 10.4. The molecule has 4 rings (SSSR count). The van der Waals surface area contributed by atoms with Gasteiger partial charge in [0, 0.05) is 30.2 Å². The first-order valence-electron chi connectivity index (χ1n) is 10.0. The van der Waals surface area contributed by atoms with Gasteiger partial charge in [-0.2, -0.15) is 0 Å². The first-order valence-corrected chi connectivity index (χ1v) is 10.5. The fourth-order valence-electron chi connectivity index (χ4n) is 4.40. The van der Waals surface area contributed by atoms with Crippen LogP contribution in [0.4, 0.5) is 5.69 Å². The molecule has 2 aliphatic heterocycles. The Bertz CT molecular complexity index is 1050. The summed E-state index contributed by atoms with van der Waals surface area (Å²) >= 11 is 5.68. The molecule has 1 saturated heterocycles. The fourth-order valence-corrected chi connectivity index (χ4v) is 4.80. The van der Waals surface area contributed by atoms with Crippen molar-refractivity contribution in [2.45, 2.75) is 32.0 Å². The molecule has 0 spiro atoms. The molecule has 1 fully saturated rings. The molecule has 2 aromatic rings. The van der Waals surface area contributed by atoms with E-state index in [1.54, 1.807) is 26.4 Å². The first-order chi connectivity index (χ1) is 14.8. The maximum atomic E-state index is 11.2. The molecule has 164 valence electrons. The lowest BCUT2D eigenvalue weighted by molar-refractivity contribution is -0.385. The molecule has 0 unspecified atom stereocenters. The zero-order valence-corrected chi connectivity index (χ0v) is 18.7. The molecule has 1 N–H and O–H groups in total. The highest BCUT2D eigenvalue weighted by molar-refractivity contribution is 7.80. The van der Waals surface area contributed by atoms with Crippen molar-refractivity contribution in [2.24, 2.45) is 5.92 Å². The number of benzene rings is 2. The fraction of sp³-hybridized carbons (Fsp3) is 0.409. The van der Waals surface area contributed by atoms with Crippen LogP contribution in [-0.4, -0.2) is 41.4 Å². The average Bonchev–Trinajstić information content (AvgIpc) is 2.75. The number of nitrogens with one attached hydrogen (secondary N) is 1. The number of thiocarbonyl (C=S) groups is 1. The van der Waals surface area contributed by atoms with Gasteiger partial charge in [0.05, 0.1) is 25.2 Å². The van der Waals surface area contributed by atoms with Crippen LogP contribution < -0.4 is 19.5 Å². The van der Waals surface area contributed by atoms with Crippen LogP contribution in [0.3, 0.4) is 0 Å². The van der Waals surface area contributed by atoms with Crippen LogP contribution in [0.1, 0.15) is 31.0 Å². The van der Waals surface area contributed by atoms with E-state index in [-0.39, 0.29) is 17.6 Å².